The minimum absolute atomic E-state index is 0.0273. The molecule has 7 heteroatoms. The van der Waals surface area contributed by atoms with Gasteiger partial charge in [0, 0.05) is 13.1 Å². The number of esters is 1. The van der Waals surface area contributed by atoms with Crippen molar-refractivity contribution in [2.45, 2.75) is 13.0 Å². The molecule has 1 amide bonds. The molecule has 0 spiro atoms. The Balaban J connectivity index is 2.55. The molecule has 1 atom stereocenters. The van der Waals surface area contributed by atoms with Crippen molar-refractivity contribution in [1.29, 1.82) is 5.26 Å². The van der Waals surface area contributed by atoms with Gasteiger partial charge in [0.2, 0.25) is 0 Å². The zero-order chi connectivity index (χ0) is 12.8. The van der Waals surface area contributed by atoms with Crippen molar-refractivity contribution in [3.8, 4) is 6.07 Å². The number of nitriles is 1. The van der Waals surface area contributed by atoms with Gasteiger partial charge in [-0.1, -0.05) is 0 Å². The van der Waals surface area contributed by atoms with Crippen LogP contribution in [0.3, 0.4) is 0 Å². The molecule has 94 valence electrons. The molecule has 0 aromatic rings. The second kappa shape index (κ2) is 6.06. The number of hydrogen-bond acceptors (Lipinski definition) is 5. The van der Waals surface area contributed by atoms with Gasteiger partial charge in [-0.2, -0.15) is 5.26 Å². The van der Waals surface area contributed by atoms with Crippen molar-refractivity contribution in [1.82, 2.24) is 9.80 Å². The normalized spacial score (nSPS) is 20.7. The molecule has 1 fully saturated rings. The van der Waals surface area contributed by atoms with Gasteiger partial charge in [0.05, 0.1) is 25.8 Å². The smallest absolute Gasteiger partial charge is 0.407 e. The number of piperazine rings is 1. The van der Waals surface area contributed by atoms with Crippen molar-refractivity contribution in [3.05, 3.63) is 0 Å². The third-order valence-electron chi connectivity index (χ3n) is 2.55. The first-order valence-corrected chi connectivity index (χ1v) is 5.35. The third-order valence-corrected chi connectivity index (χ3v) is 2.55. The molecule has 0 saturated carbocycles. The molecule has 0 aliphatic carbocycles. The molecule has 0 unspecified atom stereocenters. The molecule has 0 aromatic carbocycles. The summed E-state index contributed by atoms with van der Waals surface area (Å²) in [6, 6.07) is 1.41. The van der Waals surface area contributed by atoms with E-state index in [4.69, 9.17) is 15.1 Å². The van der Waals surface area contributed by atoms with Gasteiger partial charge < -0.3 is 14.7 Å². The molecular formula is C10H15N3O4. The highest BCUT2D eigenvalue weighted by Gasteiger charge is 2.30. The lowest BCUT2D eigenvalue weighted by atomic mass is 10.2. The molecule has 1 rings (SSSR count). The van der Waals surface area contributed by atoms with Gasteiger partial charge in [-0.25, -0.2) is 4.79 Å². The van der Waals surface area contributed by atoms with E-state index >= 15 is 0 Å². The number of ether oxygens (including phenoxy) is 1. The maximum atomic E-state index is 11.3. The van der Waals surface area contributed by atoms with Crippen molar-refractivity contribution in [2.24, 2.45) is 0 Å². The number of hydrogen-bond donors (Lipinski definition) is 1. The molecule has 1 aliphatic rings. The van der Waals surface area contributed by atoms with E-state index in [1.165, 1.54) is 4.90 Å². The summed E-state index contributed by atoms with van der Waals surface area (Å²) >= 11 is 0. The fourth-order valence-corrected chi connectivity index (χ4v) is 1.68. The molecule has 7 nitrogen and oxygen atoms in total. The van der Waals surface area contributed by atoms with Crippen LogP contribution in [0.25, 0.3) is 0 Å². The quantitative estimate of drug-likeness (QED) is 0.684. The average Bonchev–Trinajstić information content (AvgIpc) is 2.29. The van der Waals surface area contributed by atoms with Crippen LogP contribution in [0.5, 0.6) is 0 Å². The number of carboxylic acid groups (broad SMARTS) is 1. The molecule has 1 saturated heterocycles. The summed E-state index contributed by atoms with van der Waals surface area (Å²) in [6.45, 7) is 2.80. The summed E-state index contributed by atoms with van der Waals surface area (Å²) in [5, 5.41) is 17.8. The zero-order valence-electron chi connectivity index (χ0n) is 9.63. The number of nitrogens with zero attached hydrogens (tertiary/aromatic N) is 3. The van der Waals surface area contributed by atoms with Gasteiger partial charge in [-0.3, -0.25) is 9.69 Å². The molecule has 1 N–H and O–H groups in total. The van der Waals surface area contributed by atoms with Gasteiger partial charge >= 0.3 is 12.1 Å². The molecular weight excluding hydrogens is 226 g/mol. The predicted octanol–water partition coefficient (Wildman–Crippen LogP) is -0.263. The van der Waals surface area contributed by atoms with Crippen LogP contribution in [0, 0.1) is 11.3 Å². The number of rotatable bonds is 3. The lowest BCUT2D eigenvalue weighted by Crippen LogP contribution is -2.55. The minimum Gasteiger partial charge on any atom is -0.465 e. The predicted molar refractivity (Wildman–Crippen MR) is 57.2 cm³/mol. The Bertz CT molecular complexity index is 339. The summed E-state index contributed by atoms with van der Waals surface area (Å²) in [5.74, 6) is -0.392. The van der Waals surface area contributed by atoms with Crippen LogP contribution < -0.4 is 0 Å². The maximum absolute atomic E-state index is 11.3. The van der Waals surface area contributed by atoms with E-state index in [0.29, 0.717) is 19.7 Å². The highest BCUT2D eigenvalue weighted by molar-refractivity contribution is 5.72. The zero-order valence-corrected chi connectivity index (χ0v) is 9.63. The van der Waals surface area contributed by atoms with Crippen LogP contribution >= 0.6 is 0 Å². The highest BCUT2D eigenvalue weighted by atomic mass is 16.5. The van der Waals surface area contributed by atoms with E-state index in [0.717, 1.165) is 0 Å². The first-order valence-electron chi connectivity index (χ1n) is 5.35. The van der Waals surface area contributed by atoms with Crippen molar-refractivity contribution in [3.63, 3.8) is 0 Å². The largest absolute Gasteiger partial charge is 0.465 e. The van der Waals surface area contributed by atoms with E-state index in [-0.39, 0.29) is 13.1 Å². The Labute approximate surface area is 99.2 Å². The molecule has 0 radical (unpaired) electrons. The fraction of sp³-hybridized carbons (Fsp3) is 0.700. The number of carbonyl (C=O) groups excluding carboxylic acids is 1. The fourth-order valence-electron chi connectivity index (χ4n) is 1.68. The Morgan fingerprint density at radius 3 is 2.76 bits per heavy atom. The van der Waals surface area contributed by atoms with E-state index in [9.17, 15) is 9.59 Å². The molecule has 17 heavy (non-hydrogen) atoms. The molecule has 1 aliphatic heterocycles. The van der Waals surface area contributed by atoms with E-state index in [2.05, 4.69) is 0 Å². The summed E-state index contributed by atoms with van der Waals surface area (Å²) in [4.78, 5) is 24.9. The van der Waals surface area contributed by atoms with Crippen molar-refractivity contribution < 1.29 is 19.4 Å². The highest BCUT2D eigenvalue weighted by Crippen LogP contribution is 2.09. The number of carbonyl (C=O) groups is 2. The van der Waals surface area contributed by atoms with Crippen molar-refractivity contribution >= 4 is 12.1 Å². The van der Waals surface area contributed by atoms with Crippen LogP contribution in [0.2, 0.25) is 0 Å². The Hall–Kier alpha value is -1.81. The van der Waals surface area contributed by atoms with Crippen LogP contribution in [-0.2, 0) is 9.53 Å². The molecule has 1 heterocycles. The van der Waals surface area contributed by atoms with Gasteiger partial charge in [0.15, 0.2) is 0 Å². The van der Waals surface area contributed by atoms with E-state index in [1.807, 2.05) is 6.07 Å². The van der Waals surface area contributed by atoms with Gasteiger partial charge in [0.25, 0.3) is 0 Å². The Morgan fingerprint density at radius 2 is 2.24 bits per heavy atom. The standard InChI is InChI=1S/C10H15N3O4/c1-2-17-9(14)7-12-3-4-13(10(15)16)6-8(12)5-11/h8H,2-4,6-7H2,1H3,(H,15,16)/t8-/m1/s1. The SMILES string of the molecule is CCOC(=O)CN1CCN(C(=O)O)C[C@H]1C#N. The Morgan fingerprint density at radius 1 is 1.53 bits per heavy atom. The van der Waals surface area contributed by atoms with Crippen LogP contribution in [-0.4, -0.2) is 65.8 Å². The van der Waals surface area contributed by atoms with Gasteiger partial charge in [-0.05, 0) is 6.92 Å². The summed E-state index contributed by atoms with van der Waals surface area (Å²) in [5.41, 5.74) is 0. The minimum atomic E-state index is -1.04. The average molecular weight is 241 g/mol. The summed E-state index contributed by atoms with van der Waals surface area (Å²) in [7, 11) is 0. The lowest BCUT2D eigenvalue weighted by Gasteiger charge is -2.36. The van der Waals surface area contributed by atoms with Crippen LogP contribution in [0.4, 0.5) is 4.79 Å². The van der Waals surface area contributed by atoms with Crippen molar-refractivity contribution in [2.75, 3.05) is 32.8 Å². The lowest BCUT2D eigenvalue weighted by molar-refractivity contribution is -0.145. The molecule has 0 aromatic heterocycles. The monoisotopic (exact) mass is 241 g/mol. The second-order valence-corrected chi connectivity index (χ2v) is 3.65. The van der Waals surface area contributed by atoms with Crippen LogP contribution in [0.15, 0.2) is 0 Å². The molecule has 0 bridgehead atoms. The van der Waals surface area contributed by atoms with Gasteiger partial charge in [-0.15, -0.1) is 0 Å². The first kappa shape index (κ1) is 13.3. The summed E-state index contributed by atoms with van der Waals surface area (Å²) in [6.07, 6.45) is -1.04. The van der Waals surface area contributed by atoms with E-state index < -0.39 is 18.1 Å². The van der Waals surface area contributed by atoms with Gasteiger partial charge in [0.1, 0.15) is 6.04 Å². The number of amides is 1. The van der Waals surface area contributed by atoms with Crippen LogP contribution in [0.1, 0.15) is 6.92 Å². The summed E-state index contributed by atoms with van der Waals surface area (Å²) < 4.78 is 4.79. The Kier molecular flexibility index (Phi) is 4.72. The second-order valence-electron chi connectivity index (χ2n) is 3.65. The first-order chi connectivity index (χ1) is 8.08. The third kappa shape index (κ3) is 3.60. The van der Waals surface area contributed by atoms with E-state index in [1.54, 1.807) is 11.8 Å². The maximum Gasteiger partial charge on any atom is 0.407 e. The topological polar surface area (TPSA) is 93.9 Å².